The number of amides is 2. The fourth-order valence-electron chi connectivity index (χ4n) is 3.21. The lowest BCUT2D eigenvalue weighted by Crippen LogP contribution is -2.42. The number of nitrogens with zero attached hydrogens (tertiary/aromatic N) is 5. The van der Waals surface area contributed by atoms with Gasteiger partial charge in [-0.1, -0.05) is 69.3 Å². The Bertz CT molecular complexity index is 1230. The Hall–Kier alpha value is -4.27. The minimum absolute atomic E-state index is 0.0709. The third kappa shape index (κ3) is 4.67. The number of hydrogen-bond acceptors (Lipinski definition) is 5. The summed E-state index contributed by atoms with van der Waals surface area (Å²) in [5.74, 6) is -0.675. The molecule has 0 aliphatic rings. The van der Waals surface area contributed by atoms with E-state index in [4.69, 9.17) is 0 Å². The van der Waals surface area contributed by atoms with Crippen LogP contribution in [0.4, 0.5) is 0 Å². The second-order valence-corrected chi connectivity index (χ2v) is 8.57. The Labute approximate surface area is 191 Å². The molecule has 0 saturated carbocycles. The highest BCUT2D eigenvalue weighted by Gasteiger charge is 2.23. The largest absolute Gasteiger partial charge is 0.309 e. The van der Waals surface area contributed by atoms with E-state index in [0.29, 0.717) is 11.5 Å². The van der Waals surface area contributed by atoms with Gasteiger partial charge in [-0.05, 0) is 18.2 Å². The molecule has 0 saturated heterocycles. The van der Waals surface area contributed by atoms with Crippen LogP contribution in [0.1, 0.15) is 47.6 Å². The summed E-state index contributed by atoms with van der Waals surface area (Å²) < 4.78 is 3.08. The molecule has 2 N–H and O–H groups in total. The van der Waals surface area contributed by atoms with E-state index in [1.165, 1.54) is 4.68 Å². The molecule has 0 radical (unpaired) electrons. The van der Waals surface area contributed by atoms with Crippen molar-refractivity contribution in [1.29, 1.82) is 0 Å². The standard InChI is InChI=1S/C24H25N7O2/c1-24(2,3)19-15-18(30(4)28-19)22(32)26-27-23(33)20-25-21(16-11-7-5-8-12-16)31(29-20)17-13-9-6-10-14-17/h5-15H,1-4H3,(H,26,32)(H,27,33). The van der Waals surface area contributed by atoms with E-state index in [1.807, 2.05) is 81.4 Å². The second-order valence-electron chi connectivity index (χ2n) is 8.57. The molecule has 9 heteroatoms. The van der Waals surface area contributed by atoms with Crippen LogP contribution in [0.25, 0.3) is 17.1 Å². The Morgan fingerprint density at radius 3 is 2.06 bits per heavy atom. The van der Waals surface area contributed by atoms with E-state index >= 15 is 0 Å². The topological polar surface area (TPSA) is 107 Å². The second kappa shape index (κ2) is 8.70. The number of hydrazine groups is 1. The fraction of sp³-hybridized carbons (Fsp3) is 0.208. The summed E-state index contributed by atoms with van der Waals surface area (Å²) in [6, 6.07) is 20.6. The first-order valence-corrected chi connectivity index (χ1v) is 10.5. The number of rotatable bonds is 4. The smallest absolute Gasteiger partial charge is 0.266 e. The summed E-state index contributed by atoms with van der Waals surface area (Å²) in [4.78, 5) is 29.8. The highest BCUT2D eigenvalue weighted by Crippen LogP contribution is 2.22. The van der Waals surface area contributed by atoms with Gasteiger partial charge in [-0.25, -0.2) is 9.67 Å². The Kier molecular flexibility index (Phi) is 5.78. The summed E-state index contributed by atoms with van der Waals surface area (Å²) in [6.45, 7) is 6.04. The normalized spacial score (nSPS) is 11.3. The van der Waals surface area contributed by atoms with E-state index in [9.17, 15) is 9.59 Å². The van der Waals surface area contributed by atoms with Crippen molar-refractivity contribution < 1.29 is 9.59 Å². The molecule has 0 spiro atoms. The molecule has 0 atom stereocenters. The summed E-state index contributed by atoms with van der Waals surface area (Å²) in [5.41, 5.74) is 7.28. The zero-order valence-electron chi connectivity index (χ0n) is 18.9. The van der Waals surface area contributed by atoms with Crippen molar-refractivity contribution in [2.24, 2.45) is 7.05 Å². The number of carbonyl (C=O) groups excluding carboxylic acids is 2. The lowest BCUT2D eigenvalue weighted by Gasteiger charge is -2.13. The minimum Gasteiger partial charge on any atom is -0.266 e. The minimum atomic E-state index is -0.631. The van der Waals surface area contributed by atoms with Crippen molar-refractivity contribution in [3.63, 3.8) is 0 Å². The van der Waals surface area contributed by atoms with E-state index < -0.39 is 11.8 Å². The molecule has 2 heterocycles. The Morgan fingerprint density at radius 1 is 0.848 bits per heavy atom. The first-order valence-electron chi connectivity index (χ1n) is 10.5. The summed E-state index contributed by atoms with van der Waals surface area (Å²) in [6.07, 6.45) is 0. The number of carbonyl (C=O) groups is 2. The van der Waals surface area contributed by atoms with Crippen molar-refractivity contribution in [2.45, 2.75) is 26.2 Å². The summed E-state index contributed by atoms with van der Waals surface area (Å²) >= 11 is 0. The number of para-hydroxylation sites is 1. The molecule has 33 heavy (non-hydrogen) atoms. The van der Waals surface area contributed by atoms with Gasteiger partial charge in [-0.15, -0.1) is 5.10 Å². The van der Waals surface area contributed by atoms with Crippen LogP contribution in [0, 0.1) is 0 Å². The van der Waals surface area contributed by atoms with E-state index in [0.717, 1.165) is 16.9 Å². The van der Waals surface area contributed by atoms with Gasteiger partial charge in [0.05, 0.1) is 11.4 Å². The van der Waals surface area contributed by atoms with Gasteiger partial charge in [0.15, 0.2) is 5.82 Å². The van der Waals surface area contributed by atoms with Gasteiger partial charge in [-0.3, -0.25) is 25.1 Å². The summed E-state index contributed by atoms with van der Waals surface area (Å²) in [5, 5.41) is 8.77. The molecule has 0 aliphatic carbocycles. The van der Waals surface area contributed by atoms with E-state index in [1.54, 1.807) is 17.8 Å². The molecule has 2 aromatic heterocycles. The third-order valence-corrected chi connectivity index (χ3v) is 5.01. The number of aryl methyl sites for hydroxylation is 1. The molecule has 4 aromatic rings. The highest BCUT2D eigenvalue weighted by molar-refractivity contribution is 5.97. The van der Waals surface area contributed by atoms with Crippen LogP contribution < -0.4 is 10.9 Å². The average Bonchev–Trinajstić information content (AvgIpc) is 3.43. The Balaban J connectivity index is 1.56. The van der Waals surface area contributed by atoms with Crippen molar-refractivity contribution in [1.82, 2.24) is 35.4 Å². The zero-order chi connectivity index (χ0) is 23.6. The van der Waals surface area contributed by atoms with Gasteiger partial charge in [0.25, 0.3) is 5.91 Å². The average molecular weight is 444 g/mol. The van der Waals surface area contributed by atoms with Gasteiger partial charge < -0.3 is 0 Å². The number of nitrogens with one attached hydrogen (secondary N) is 2. The lowest BCUT2D eigenvalue weighted by molar-refractivity contribution is 0.0836. The number of hydrogen-bond donors (Lipinski definition) is 2. The molecule has 0 fully saturated rings. The maximum Gasteiger partial charge on any atom is 0.309 e. The lowest BCUT2D eigenvalue weighted by atomic mass is 9.92. The molecule has 4 rings (SSSR count). The van der Waals surface area contributed by atoms with Crippen LogP contribution in [0.3, 0.4) is 0 Å². The van der Waals surface area contributed by atoms with Crippen LogP contribution in [0.2, 0.25) is 0 Å². The van der Waals surface area contributed by atoms with Gasteiger partial charge in [0.1, 0.15) is 5.69 Å². The predicted octanol–water partition coefficient (Wildman–Crippen LogP) is 3.04. The Morgan fingerprint density at radius 2 is 1.45 bits per heavy atom. The van der Waals surface area contributed by atoms with Gasteiger partial charge in [0, 0.05) is 18.0 Å². The van der Waals surface area contributed by atoms with Crippen LogP contribution >= 0.6 is 0 Å². The molecule has 0 unspecified atom stereocenters. The first-order chi connectivity index (χ1) is 15.7. The van der Waals surface area contributed by atoms with Gasteiger partial charge in [0.2, 0.25) is 5.82 Å². The van der Waals surface area contributed by atoms with E-state index in [-0.39, 0.29) is 11.2 Å². The predicted molar refractivity (Wildman–Crippen MR) is 124 cm³/mol. The molecular weight excluding hydrogens is 418 g/mol. The molecule has 2 aromatic carbocycles. The SMILES string of the molecule is Cn1nc(C(C)(C)C)cc1C(=O)NNC(=O)c1nc(-c2ccccc2)n(-c2ccccc2)n1. The maximum atomic E-state index is 12.8. The molecule has 0 bridgehead atoms. The van der Waals surface area contributed by atoms with Gasteiger partial charge in [-0.2, -0.15) is 5.10 Å². The molecule has 0 aliphatic heterocycles. The molecule has 168 valence electrons. The number of benzene rings is 2. The number of aromatic nitrogens is 5. The van der Waals surface area contributed by atoms with Crippen LogP contribution in [-0.4, -0.2) is 36.4 Å². The van der Waals surface area contributed by atoms with Crippen LogP contribution in [0.5, 0.6) is 0 Å². The molecule has 2 amide bonds. The van der Waals surface area contributed by atoms with Crippen molar-refractivity contribution in [2.75, 3.05) is 0 Å². The highest BCUT2D eigenvalue weighted by atomic mass is 16.2. The van der Waals surface area contributed by atoms with E-state index in [2.05, 4.69) is 26.0 Å². The zero-order valence-corrected chi connectivity index (χ0v) is 18.9. The van der Waals surface area contributed by atoms with Crippen molar-refractivity contribution in [3.05, 3.63) is 83.9 Å². The van der Waals surface area contributed by atoms with Crippen LogP contribution in [0.15, 0.2) is 66.7 Å². The summed E-state index contributed by atoms with van der Waals surface area (Å²) in [7, 11) is 1.68. The van der Waals surface area contributed by atoms with Crippen molar-refractivity contribution in [3.8, 4) is 17.1 Å². The molecule has 9 nitrogen and oxygen atoms in total. The van der Waals surface area contributed by atoms with Crippen molar-refractivity contribution >= 4 is 11.8 Å². The quantitative estimate of drug-likeness (QED) is 0.472. The third-order valence-electron chi connectivity index (χ3n) is 5.01. The molecular formula is C24H25N7O2. The monoisotopic (exact) mass is 443 g/mol. The van der Waals surface area contributed by atoms with Crippen LogP contribution in [-0.2, 0) is 12.5 Å². The van der Waals surface area contributed by atoms with Gasteiger partial charge >= 0.3 is 5.91 Å². The maximum absolute atomic E-state index is 12.8. The fourth-order valence-corrected chi connectivity index (χ4v) is 3.21. The first kappa shape index (κ1) is 21.9.